The first-order valence-corrected chi connectivity index (χ1v) is 12.0. The second kappa shape index (κ2) is 10.6. The first kappa shape index (κ1) is 27.2. The Bertz CT molecular complexity index is 1500. The number of alkyl halides is 6. The number of rotatable bonds is 6. The number of benzene rings is 3. The summed E-state index contributed by atoms with van der Waals surface area (Å²) < 4.78 is 96.4. The van der Waals surface area contributed by atoms with Gasteiger partial charge in [0, 0.05) is 29.9 Å². The van der Waals surface area contributed by atoms with Crippen LogP contribution in [0.2, 0.25) is 0 Å². The first-order valence-electron chi connectivity index (χ1n) is 12.0. The van der Waals surface area contributed by atoms with Gasteiger partial charge in [0.05, 0.1) is 17.7 Å². The van der Waals surface area contributed by atoms with Gasteiger partial charge in [-0.25, -0.2) is 4.39 Å². The number of oxime groups is 1. The molecule has 0 radical (unpaired) electrons. The third-order valence-corrected chi connectivity index (χ3v) is 6.38. The molecule has 206 valence electrons. The summed E-state index contributed by atoms with van der Waals surface area (Å²) in [4.78, 5) is 11.1. The van der Waals surface area contributed by atoms with Crippen LogP contribution in [0.1, 0.15) is 34.0 Å². The Morgan fingerprint density at radius 2 is 1.43 bits per heavy atom. The summed E-state index contributed by atoms with van der Waals surface area (Å²) in [5.74, 6) is -0.236. The molecule has 0 fully saturated rings. The maximum atomic E-state index is 14.7. The van der Waals surface area contributed by atoms with Crippen LogP contribution in [0, 0.1) is 5.82 Å². The zero-order valence-electron chi connectivity index (χ0n) is 20.5. The van der Waals surface area contributed by atoms with E-state index in [0.717, 1.165) is 5.56 Å². The Morgan fingerprint density at radius 1 is 0.775 bits per heavy atom. The molecule has 40 heavy (non-hydrogen) atoms. The summed E-state index contributed by atoms with van der Waals surface area (Å²) in [6, 6.07) is 17.9. The fourth-order valence-corrected chi connectivity index (χ4v) is 4.48. The van der Waals surface area contributed by atoms with Crippen LogP contribution in [0.5, 0.6) is 0 Å². The van der Waals surface area contributed by atoms with Crippen molar-refractivity contribution in [2.75, 3.05) is 0 Å². The smallest absolute Gasteiger partial charge is 0.364 e. The average Bonchev–Trinajstić information content (AvgIpc) is 3.30. The Kier molecular flexibility index (Phi) is 7.22. The number of hydrogen-bond acceptors (Lipinski definition) is 4. The molecule has 0 amide bonds. The van der Waals surface area contributed by atoms with Crippen molar-refractivity contribution in [2.45, 2.75) is 31.5 Å². The summed E-state index contributed by atoms with van der Waals surface area (Å²) in [5, 5.41) is 4.06. The highest BCUT2D eigenvalue weighted by atomic mass is 19.4. The van der Waals surface area contributed by atoms with Gasteiger partial charge in [-0.2, -0.15) is 26.3 Å². The normalized spacial score (nSPS) is 15.6. The minimum absolute atomic E-state index is 0.0614. The zero-order chi connectivity index (χ0) is 28.5. The van der Waals surface area contributed by atoms with E-state index in [-0.39, 0.29) is 36.0 Å². The van der Waals surface area contributed by atoms with Crippen LogP contribution in [0.4, 0.5) is 30.7 Å². The van der Waals surface area contributed by atoms with Crippen molar-refractivity contribution in [3.05, 3.63) is 125 Å². The molecular weight excluding hydrogens is 539 g/mol. The van der Waals surface area contributed by atoms with Gasteiger partial charge in [0.15, 0.2) is 5.84 Å². The maximum absolute atomic E-state index is 14.7. The van der Waals surface area contributed by atoms with E-state index in [9.17, 15) is 30.7 Å². The zero-order valence-corrected chi connectivity index (χ0v) is 20.5. The van der Waals surface area contributed by atoms with E-state index in [4.69, 9.17) is 4.84 Å². The molecule has 0 bridgehead atoms. The molecule has 0 spiro atoms. The van der Waals surface area contributed by atoms with Crippen LogP contribution in [0.3, 0.4) is 0 Å². The summed E-state index contributed by atoms with van der Waals surface area (Å²) >= 11 is 0. The van der Waals surface area contributed by atoms with Crippen molar-refractivity contribution in [3.8, 4) is 11.1 Å². The van der Waals surface area contributed by atoms with Gasteiger partial charge < -0.3 is 9.74 Å². The van der Waals surface area contributed by atoms with Crippen molar-refractivity contribution in [3.63, 3.8) is 0 Å². The number of hydrogen-bond donors (Lipinski definition) is 0. The summed E-state index contributed by atoms with van der Waals surface area (Å²) in [5.41, 5.74) is -1.35. The predicted octanol–water partition coefficient (Wildman–Crippen LogP) is 8.01. The lowest BCUT2D eigenvalue weighted by molar-refractivity contribution is -0.143. The minimum atomic E-state index is -5.03. The van der Waals surface area contributed by atoms with Crippen LogP contribution in [-0.2, 0) is 30.2 Å². The van der Waals surface area contributed by atoms with Gasteiger partial charge in [-0.15, -0.1) is 0 Å². The molecule has 2 heterocycles. The van der Waals surface area contributed by atoms with E-state index < -0.39 is 35.5 Å². The summed E-state index contributed by atoms with van der Waals surface area (Å²) in [6.45, 7) is -0.0918. The summed E-state index contributed by atoms with van der Waals surface area (Å²) in [6.07, 6.45) is -8.38. The molecule has 1 unspecified atom stereocenters. The number of pyridine rings is 1. The van der Waals surface area contributed by atoms with Crippen molar-refractivity contribution in [1.29, 1.82) is 0 Å². The highest BCUT2D eigenvalue weighted by Crippen LogP contribution is 2.40. The molecule has 4 nitrogen and oxygen atoms in total. The van der Waals surface area contributed by atoms with E-state index in [1.54, 1.807) is 48.5 Å². The van der Waals surface area contributed by atoms with Crippen LogP contribution in [-0.4, -0.2) is 15.7 Å². The monoisotopic (exact) mass is 559 g/mol. The standard InChI is InChI=1S/C29H20F7N3O/c30-25-9-5-4-8-24(25)23-10-11-37-16-20(23)17-39-26(12-18-6-2-1-3-7-18)38-40-27(39)19-13-21(28(31,32)33)15-22(14-19)29(34,35)36/h1-11,13-16,27H,12,17H2. The number of halogens is 7. The molecule has 3 aromatic carbocycles. The lowest BCUT2D eigenvalue weighted by Crippen LogP contribution is -2.32. The highest BCUT2D eigenvalue weighted by molar-refractivity contribution is 5.85. The second-order valence-corrected chi connectivity index (χ2v) is 9.11. The molecule has 1 aromatic heterocycles. The lowest BCUT2D eigenvalue weighted by atomic mass is 9.99. The predicted molar refractivity (Wildman–Crippen MR) is 133 cm³/mol. The van der Waals surface area contributed by atoms with Crippen LogP contribution < -0.4 is 0 Å². The third kappa shape index (κ3) is 5.78. The van der Waals surface area contributed by atoms with Gasteiger partial charge in [-0.05, 0) is 47.0 Å². The molecule has 11 heteroatoms. The van der Waals surface area contributed by atoms with Crippen molar-refractivity contribution in [2.24, 2.45) is 5.16 Å². The number of aromatic nitrogens is 1. The van der Waals surface area contributed by atoms with E-state index in [1.807, 2.05) is 0 Å². The van der Waals surface area contributed by atoms with Crippen LogP contribution >= 0.6 is 0 Å². The molecule has 1 atom stereocenters. The van der Waals surface area contributed by atoms with Gasteiger partial charge in [0.1, 0.15) is 5.82 Å². The third-order valence-electron chi connectivity index (χ3n) is 6.38. The Balaban J connectivity index is 1.59. The van der Waals surface area contributed by atoms with Gasteiger partial charge in [-0.3, -0.25) is 4.98 Å². The van der Waals surface area contributed by atoms with Crippen molar-refractivity contribution >= 4 is 5.84 Å². The topological polar surface area (TPSA) is 37.7 Å². The van der Waals surface area contributed by atoms with Gasteiger partial charge in [0.2, 0.25) is 6.23 Å². The SMILES string of the molecule is Fc1ccccc1-c1ccncc1CN1C(Cc2ccccc2)=NOC1c1cc(C(F)(F)F)cc(C(F)(F)F)c1. The first-order chi connectivity index (χ1) is 19.0. The fraction of sp³-hybridized carbons (Fsp3) is 0.172. The largest absolute Gasteiger partial charge is 0.416 e. The summed E-state index contributed by atoms with van der Waals surface area (Å²) in [7, 11) is 0. The van der Waals surface area contributed by atoms with E-state index in [1.165, 1.54) is 29.4 Å². The lowest BCUT2D eigenvalue weighted by Gasteiger charge is -2.27. The average molecular weight is 559 g/mol. The Labute approximate surface area is 224 Å². The van der Waals surface area contributed by atoms with Gasteiger partial charge in [-0.1, -0.05) is 53.7 Å². The molecule has 0 saturated carbocycles. The molecule has 1 aliphatic rings. The second-order valence-electron chi connectivity index (χ2n) is 9.11. The van der Waals surface area contributed by atoms with E-state index >= 15 is 0 Å². The molecular formula is C29H20F7N3O. The van der Waals surface area contributed by atoms with Gasteiger partial charge in [0.25, 0.3) is 0 Å². The quantitative estimate of drug-likeness (QED) is 0.225. The Hall–Kier alpha value is -4.41. The van der Waals surface area contributed by atoms with Crippen molar-refractivity contribution < 1.29 is 35.6 Å². The van der Waals surface area contributed by atoms with Gasteiger partial charge >= 0.3 is 12.4 Å². The van der Waals surface area contributed by atoms with E-state index in [2.05, 4.69) is 10.1 Å². The molecule has 4 aromatic rings. The molecule has 5 rings (SSSR count). The van der Waals surface area contributed by atoms with Crippen LogP contribution in [0.15, 0.2) is 96.4 Å². The number of amidine groups is 1. The highest BCUT2D eigenvalue weighted by Gasteiger charge is 2.40. The molecule has 1 aliphatic heterocycles. The van der Waals surface area contributed by atoms with Crippen LogP contribution in [0.25, 0.3) is 11.1 Å². The fourth-order valence-electron chi connectivity index (χ4n) is 4.48. The molecule has 0 N–H and O–H groups in total. The Morgan fingerprint density at radius 3 is 2.08 bits per heavy atom. The molecule has 0 saturated heterocycles. The van der Waals surface area contributed by atoms with E-state index in [0.29, 0.717) is 23.3 Å². The minimum Gasteiger partial charge on any atom is -0.364 e. The number of nitrogens with zero attached hydrogens (tertiary/aromatic N) is 3. The maximum Gasteiger partial charge on any atom is 0.416 e. The van der Waals surface area contributed by atoms with Crippen molar-refractivity contribution in [1.82, 2.24) is 9.88 Å². The molecule has 0 aliphatic carbocycles.